The molecule has 0 N–H and O–H groups in total. The number of rotatable bonds is 28. The quantitative estimate of drug-likeness (QED) is 0.0457. The summed E-state index contributed by atoms with van der Waals surface area (Å²) in [7, 11) is 0. The van der Waals surface area contributed by atoms with Crippen molar-refractivity contribution < 1.29 is 9.47 Å². The van der Waals surface area contributed by atoms with Gasteiger partial charge in [0.15, 0.2) is 0 Å². The van der Waals surface area contributed by atoms with Crippen LogP contribution in [0.5, 0.6) is 11.5 Å². The fourth-order valence-electron chi connectivity index (χ4n) is 9.69. The zero-order valence-corrected chi connectivity index (χ0v) is 46.1. The average Bonchev–Trinajstić information content (AvgIpc) is 4.18. The van der Waals surface area contributed by atoms with Crippen LogP contribution in [0.1, 0.15) is 102 Å². The third kappa shape index (κ3) is 13.7. The second-order valence-corrected chi connectivity index (χ2v) is 21.6. The molecule has 0 saturated carbocycles. The minimum Gasteiger partial charge on any atom is -0.493 e. The van der Waals surface area contributed by atoms with Crippen molar-refractivity contribution in [2.24, 2.45) is 0 Å². The summed E-state index contributed by atoms with van der Waals surface area (Å²) in [6, 6.07) is 69.8. The van der Waals surface area contributed by atoms with Crippen LogP contribution in [0.3, 0.4) is 0 Å². The van der Waals surface area contributed by atoms with Crippen LogP contribution in [0.25, 0.3) is 55.3 Å². The van der Waals surface area contributed by atoms with Gasteiger partial charge in [-0.2, -0.15) is 0 Å². The SMILES string of the molecule is C=Cc1ccc(N(c2ccc(-c3ccccc3)cc2)c2ccc(-c3cc(OCCCCCCCC)c(-c4ccc(N(c5ccc(C=C)cc5)c5ccc(-c6ccccc6)cc5)s4)cc3OCCCCCCCC)s2)cc1. The number of hydrogen-bond donors (Lipinski definition) is 0. The highest BCUT2D eigenvalue weighted by molar-refractivity contribution is 7.20. The van der Waals surface area contributed by atoms with E-state index in [-0.39, 0.29) is 0 Å². The summed E-state index contributed by atoms with van der Waals surface area (Å²) in [4.78, 5) is 6.96. The first kappa shape index (κ1) is 53.4. The Labute approximate surface area is 461 Å². The molecule has 0 amide bonds. The number of hydrogen-bond acceptors (Lipinski definition) is 6. The van der Waals surface area contributed by atoms with Gasteiger partial charge in [0.1, 0.15) is 21.5 Å². The van der Waals surface area contributed by atoms with Gasteiger partial charge in [-0.1, -0.05) is 213 Å². The second-order valence-electron chi connectivity index (χ2n) is 19.4. The van der Waals surface area contributed by atoms with Crippen LogP contribution < -0.4 is 19.3 Å². The lowest BCUT2D eigenvalue weighted by Gasteiger charge is -2.24. The molecule has 9 aromatic rings. The molecule has 9 rings (SSSR count). The smallest absolute Gasteiger partial charge is 0.128 e. The predicted molar refractivity (Wildman–Crippen MR) is 331 cm³/mol. The number of unbranched alkanes of at least 4 members (excludes halogenated alkanes) is 10. The standard InChI is InChI=1S/C70H72N2O2S2/c1-5-9-11-13-15-23-49-73-65-51-64(68-46-48-70(76-68)72(60-39-31-54(8-4)32-40-60)62-43-35-58(36-44-62)56-27-21-18-22-28-56)66(74-50-24-16-14-12-10-6-2)52-63(65)67-45-47-69(75-67)71(59-37-29-53(7-3)30-38-59)61-41-33-57(34-42-61)55-25-19-17-20-26-55/h7-8,17-22,25-48,51-52H,3-6,9-16,23-24,49-50H2,1-2H3. The third-order valence-electron chi connectivity index (χ3n) is 14.0. The molecule has 0 radical (unpaired) electrons. The van der Waals surface area contributed by atoms with E-state index in [0.717, 1.165) is 102 Å². The van der Waals surface area contributed by atoms with Gasteiger partial charge < -0.3 is 19.3 Å². The Balaban J connectivity index is 1.11. The zero-order chi connectivity index (χ0) is 52.3. The van der Waals surface area contributed by atoms with E-state index >= 15 is 0 Å². The molecule has 0 aliphatic heterocycles. The molecule has 6 heteroatoms. The Bertz CT molecular complexity index is 2980. The highest BCUT2D eigenvalue weighted by Gasteiger charge is 2.23. The highest BCUT2D eigenvalue weighted by atomic mass is 32.1. The minimum atomic E-state index is 0.646. The summed E-state index contributed by atoms with van der Waals surface area (Å²) < 4.78 is 14.0. The first-order chi connectivity index (χ1) is 37.5. The lowest BCUT2D eigenvalue weighted by molar-refractivity contribution is 0.298. The molecule has 386 valence electrons. The van der Waals surface area contributed by atoms with Crippen molar-refractivity contribution in [3.63, 3.8) is 0 Å². The number of ether oxygens (including phenoxy) is 2. The summed E-state index contributed by atoms with van der Waals surface area (Å²) in [5.74, 6) is 1.75. The van der Waals surface area contributed by atoms with Crippen LogP contribution in [0, 0.1) is 0 Å². The first-order valence-electron chi connectivity index (χ1n) is 27.5. The molecule has 0 bridgehead atoms. The summed E-state index contributed by atoms with van der Waals surface area (Å²) in [6.45, 7) is 13.9. The maximum atomic E-state index is 6.99. The Morgan fingerprint density at radius 2 is 0.697 bits per heavy atom. The molecule has 4 nitrogen and oxygen atoms in total. The van der Waals surface area contributed by atoms with Crippen LogP contribution in [-0.4, -0.2) is 13.2 Å². The summed E-state index contributed by atoms with van der Waals surface area (Å²) >= 11 is 3.55. The zero-order valence-electron chi connectivity index (χ0n) is 44.5. The van der Waals surface area contributed by atoms with Gasteiger partial charge in [-0.05, 0) is 131 Å². The van der Waals surface area contributed by atoms with E-state index in [0.29, 0.717) is 13.2 Å². The van der Waals surface area contributed by atoms with Gasteiger partial charge in [0.25, 0.3) is 0 Å². The van der Waals surface area contributed by atoms with Crippen molar-refractivity contribution in [2.75, 3.05) is 23.0 Å². The molecular weight excluding hydrogens is 965 g/mol. The molecule has 0 aliphatic rings. The Hall–Kier alpha value is -7.38. The monoisotopic (exact) mass is 1040 g/mol. The lowest BCUT2D eigenvalue weighted by Crippen LogP contribution is -2.08. The minimum absolute atomic E-state index is 0.646. The van der Waals surface area contributed by atoms with E-state index < -0.39 is 0 Å². The maximum absolute atomic E-state index is 6.99. The van der Waals surface area contributed by atoms with E-state index in [1.165, 1.54) is 73.6 Å². The molecule has 0 fully saturated rings. The van der Waals surface area contributed by atoms with Gasteiger partial charge in [0.2, 0.25) is 0 Å². The van der Waals surface area contributed by atoms with Crippen molar-refractivity contribution in [1.82, 2.24) is 0 Å². The molecule has 76 heavy (non-hydrogen) atoms. The molecule has 0 aliphatic carbocycles. The molecule has 2 heterocycles. The molecule has 0 atom stereocenters. The number of benzene rings is 7. The van der Waals surface area contributed by atoms with E-state index in [9.17, 15) is 0 Å². The van der Waals surface area contributed by atoms with Crippen molar-refractivity contribution in [3.8, 4) is 54.6 Å². The van der Waals surface area contributed by atoms with Crippen molar-refractivity contribution in [2.45, 2.75) is 90.9 Å². The highest BCUT2D eigenvalue weighted by Crippen LogP contribution is 2.50. The van der Waals surface area contributed by atoms with Gasteiger partial charge in [0, 0.05) is 43.6 Å². The van der Waals surface area contributed by atoms with Gasteiger partial charge in [0.05, 0.1) is 13.2 Å². The van der Waals surface area contributed by atoms with E-state index in [1.807, 2.05) is 12.2 Å². The maximum Gasteiger partial charge on any atom is 0.128 e. The van der Waals surface area contributed by atoms with Gasteiger partial charge in [-0.3, -0.25) is 0 Å². The van der Waals surface area contributed by atoms with Crippen LogP contribution in [0.4, 0.5) is 32.8 Å². The van der Waals surface area contributed by atoms with E-state index in [1.54, 1.807) is 22.7 Å². The summed E-state index contributed by atoms with van der Waals surface area (Å²) in [6.07, 6.45) is 18.1. The van der Waals surface area contributed by atoms with Gasteiger partial charge in [-0.25, -0.2) is 0 Å². The van der Waals surface area contributed by atoms with E-state index in [2.05, 4.69) is 231 Å². The van der Waals surface area contributed by atoms with Crippen LogP contribution in [0.15, 0.2) is 207 Å². The number of anilines is 6. The predicted octanol–water partition coefficient (Wildman–Crippen LogP) is 22.2. The largest absolute Gasteiger partial charge is 0.493 e. The number of thiophene rings is 2. The van der Waals surface area contributed by atoms with Gasteiger partial charge in [-0.15, -0.1) is 22.7 Å². The molecule has 0 spiro atoms. The summed E-state index contributed by atoms with van der Waals surface area (Å²) in [5.41, 5.74) is 13.4. The fraction of sp³-hybridized carbons (Fsp3) is 0.229. The van der Waals surface area contributed by atoms with Crippen molar-refractivity contribution >= 4 is 67.6 Å². The third-order valence-corrected chi connectivity index (χ3v) is 16.2. The Morgan fingerprint density at radius 1 is 0.368 bits per heavy atom. The molecule has 7 aromatic carbocycles. The van der Waals surface area contributed by atoms with E-state index in [4.69, 9.17) is 9.47 Å². The van der Waals surface area contributed by atoms with Crippen LogP contribution >= 0.6 is 22.7 Å². The molecular formula is C70H72N2O2S2. The Kier molecular flexibility index (Phi) is 19.3. The molecule has 0 unspecified atom stereocenters. The van der Waals surface area contributed by atoms with Crippen molar-refractivity contribution in [1.29, 1.82) is 0 Å². The topological polar surface area (TPSA) is 24.9 Å². The van der Waals surface area contributed by atoms with Crippen LogP contribution in [0.2, 0.25) is 0 Å². The molecule has 2 aromatic heterocycles. The average molecular weight is 1040 g/mol. The second kappa shape index (κ2) is 27.4. The van der Waals surface area contributed by atoms with Crippen LogP contribution in [-0.2, 0) is 0 Å². The summed E-state index contributed by atoms with van der Waals surface area (Å²) in [5, 5.41) is 2.21. The lowest BCUT2D eigenvalue weighted by atomic mass is 10.0. The first-order valence-corrected chi connectivity index (χ1v) is 29.2. The fourth-order valence-corrected chi connectivity index (χ4v) is 11.8. The normalized spacial score (nSPS) is 11.1. The Morgan fingerprint density at radius 3 is 1.05 bits per heavy atom. The number of nitrogens with zero attached hydrogens (tertiary/aromatic N) is 2. The van der Waals surface area contributed by atoms with Crippen molar-refractivity contribution in [3.05, 3.63) is 218 Å². The molecule has 0 saturated heterocycles. The van der Waals surface area contributed by atoms with Gasteiger partial charge >= 0.3 is 0 Å².